The van der Waals surface area contributed by atoms with Crippen molar-refractivity contribution in [2.24, 2.45) is 11.8 Å². The topological polar surface area (TPSA) is 28.2 Å². The van der Waals surface area contributed by atoms with E-state index in [1.165, 1.54) is 37.3 Å². The van der Waals surface area contributed by atoms with Gasteiger partial charge in [0.15, 0.2) is 0 Å². The van der Waals surface area contributed by atoms with Gasteiger partial charge in [0, 0.05) is 32.2 Å². The molecule has 0 bridgehead atoms. The molecule has 3 rings (SSSR count). The third-order valence-electron chi connectivity index (χ3n) is 4.46. The molecule has 0 aromatic carbocycles. The molecule has 1 aromatic rings. The van der Waals surface area contributed by atoms with Gasteiger partial charge < -0.3 is 5.32 Å². The molecule has 3 nitrogen and oxygen atoms in total. The first-order valence-electron chi connectivity index (χ1n) is 7.61. The van der Waals surface area contributed by atoms with Crippen molar-refractivity contribution in [2.75, 3.05) is 13.1 Å². The molecule has 0 radical (unpaired) electrons. The first kappa shape index (κ1) is 13.1. The molecule has 1 N–H and O–H groups in total. The maximum atomic E-state index is 4.78. The zero-order chi connectivity index (χ0) is 13.2. The molecule has 1 aromatic heterocycles. The van der Waals surface area contributed by atoms with Gasteiger partial charge in [0.1, 0.15) is 0 Å². The molecule has 0 spiro atoms. The van der Waals surface area contributed by atoms with Gasteiger partial charge in [0.2, 0.25) is 0 Å². The van der Waals surface area contributed by atoms with Crippen LogP contribution in [0.2, 0.25) is 0 Å². The van der Waals surface area contributed by atoms with Crippen LogP contribution in [0.1, 0.15) is 38.1 Å². The smallest absolute Gasteiger partial charge is 0.0547 e. The van der Waals surface area contributed by atoms with E-state index in [9.17, 15) is 0 Å². The summed E-state index contributed by atoms with van der Waals surface area (Å²) < 4.78 is 0. The first-order chi connectivity index (χ1) is 9.20. The number of hydrogen-bond acceptors (Lipinski definition) is 3. The Morgan fingerprint density at radius 1 is 1.16 bits per heavy atom. The van der Waals surface area contributed by atoms with Crippen LogP contribution in [0.4, 0.5) is 0 Å². The quantitative estimate of drug-likeness (QED) is 0.880. The Labute approximate surface area is 116 Å². The zero-order valence-corrected chi connectivity index (χ0v) is 12.1. The monoisotopic (exact) mass is 259 g/mol. The van der Waals surface area contributed by atoms with Gasteiger partial charge in [-0.1, -0.05) is 19.9 Å². The molecule has 3 heteroatoms. The van der Waals surface area contributed by atoms with Crippen molar-refractivity contribution in [1.82, 2.24) is 15.2 Å². The average Bonchev–Trinajstić information content (AvgIpc) is 3.15. The van der Waals surface area contributed by atoms with E-state index in [0.717, 1.165) is 31.0 Å². The summed E-state index contributed by atoms with van der Waals surface area (Å²) in [5.74, 6) is 1.64. The molecular formula is C16H25N3. The van der Waals surface area contributed by atoms with Crippen molar-refractivity contribution in [2.45, 2.75) is 45.8 Å². The summed E-state index contributed by atoms with van der Waals surface area (Å²) >= 11 is 0. The van der Waals surface area contributed by atoms with Gasteiger partial charge in [-0.25, -0.2) is 0 Å². The maximum absolute atomic E-state index is 4.78. The van der Waals surface area contributed by atoms with Gasteiger partial charge in [0.05, 0.1) is 11.4 Å². The van der Waals surface area contributed by atoms with Crippen LogP contribution in [-0.4, -0.2) is 29.0 Å². The van der Waals surface area contributed by atoms with E-state index in [4.69, 9.17) is 4.98 Å². The van der Waals surface area contributed by atoms with Gasteiger partial charge in [-0.2, -0.15) is 0 Å². The number of pyridine rings is 1. The normalized spacial score (nSPS) is 27.9. The van der Waals surface area contributed by atoms with Gasteiger partial charge in [0.25, 0.3) is 0 Å². The number of likely N-dealkylation sites (tertiary alicyclic amines) is 1. The van der Waals surface area contributed by atoms with Gasteiger partial charge in [-0.15, -0.1) is 0 Å². The molecule has 1 aliphatic carbocycles. The minimum atomic E-state index is 0.755. The van der Waals surface area contributed by atoms with E-state index in [1.54, 1.807) is 0 Å². The van der Waals surface area contributed by atoms with Crippen LogP contribution in [0, 0.1) is 11.8 Å². The number of nitrogens with one attached hydrogen (secondary N) is 1. The van der Waals surface area contributed by atoms with Crippen molar-refractivity contribution in [3.63, 3.8) is 0 Å². The minimum absolute atomic E-state index is 0.755. The summed E-state index contributed by atoms with van der Waals surface area (Å²) in [5.41, 5.74) is 2.40. The lowest BCUT2D eigenvalue weighted by Gasteiger charge is -2.15. The number of hydrogen-bond donors (Lipinski definition) is 1. The molecule has 2 heterocycles. The standard InChI is InChI=1S/C16H25N3/c1-12-9-19(10-13(12)2)11-16-5-3-4-15(18-16)8-17-14-6-7-14/h3-5,12-14,17H,6-11H2,1-2H3. The number of rotatable bonds is 5. The van der Waals surface area contributed by atoms with Crippen molar-refractivity contribution in [3.8, 4) is 0 Å². The Balaban J connectivity index is 1.56. The highest BCUT2D eigenvalue weighted by atomic mass is 15.2. The fourth-order valence-corrected chi connectivity index (χ4v) is 2.86. The van der Waals surface area contributed by atoms with Crippen molar-refractivity contribution in [3.05, 3.63) is 29.6 Å². The predicted octanol–water partition coefficient (Wildman–Crippen LogP) is 2.42. The Morgan fingerprint density at radius 2 is 1.84 bits per heavy atom. The molecule has 1 aliphatic heterocycles. The second-order valence-electron chi connectivity index (χ2n) is 6.42. The Hall–Kier alpha value is -0.930. The van der Waals surface area contributed by atoms with Crippen LogP contribution in [0.15, 0.2) is 18.2 Å². The molecule has 2 fully saturated rings. The van der Waals surface area contributed by atoms with E-state index in [0.29, 0.717) is 0 Å². The van der Waals surface area contributed by atoms with E-state index in [2.05, 4.69) is 42.3 Å². The fourth-order valence-electron chi connectivity index (χ4n) is 2.86. The van der Waals surface area contributed by atoms with Crippen molar-refractivity contribution < 1.29 is 0 Å². The second kappa shape index (κ2) is 5.59. The van der Waals surface area contributed by atoms with Crippen molar-refractivity contribution in [1.29, 1.82) is 0 Å². The van der Waals surface area contributed by atoms with Crippen LogP contribution in [-0.2, 0) is 13.1 Å². The van der Waals surface area contributed by atoms with E-state index in [1.807, 2.05) is 0 Å². The summed E-state index contributed by atoms with van der Waals surface area (Å²) in [6.07, 6.45) is 2.67. The van der Waals surface area contributed by atoms with Crippen LogP contribution in [0.25, 0.3) is 0 Å². The van der Waals surface area contributed by atoms with Crippen LogP contribution < -0.4 is 5.32 Å². The Kier molecular flexibility index (Phi) is 3.85. The van der Waals surface area contributed by atoms with Crippen LogP contribution in [0.5, 0.6) is 0 Å². The largest absolute Gasteiger partial charge is 0.308 e. The summed E-state index contributed by atoms with van der Waals surface area (Å²) in [5, 5.41) is 3.53. The molecule has 1 saturated carbocycles. The highest BCUT2D eigenvalue weighted by Gasteiger charge is 2.26. The highest BCUT2D eigenvalue weighted by molar-refractivity contribution is 5.12. The number of aromatic nitrogens is 1. The van der Waals surface area contributed by atoms with Crippen LogP contribution >= 0.6 is 0 Å². The molecular weight excluding hydrogens is 234 g/mol. The molecule has 1 saturated heterocycles. The minimum Gasteiger partial charge on any atom is -0.308 e. The zero-order valence-electron chi connectivity index (χ0n) is 12.1. The average molecular weight is 259 g/mol. The maximum Gasteiger partial charge on any atom is 0.0547 e. The van der Waals surface area contributed by atoms with Crippen LogP contribution in [0.3, 0.4) is 0 Å². The van der Waals surface area contributed by atoms with Gasteiger partial charge >= 0.3 is 0 Å². The molecule has 104 valence electrons. The highest BCUT2D eigenvalue weighted by Crippen LogP contribution is 2.23. The summed E-state index contributed by atoms with van der Waals surface area (Å²) in [4.78, 5) is 7.32. The fraction of sp³-hybridized carbons (Fsp3) is 0.688. The van der Waals surface area contributed by atoms with E-state index < -0.39 is 0 Å². The third-order valence-corrected chi connectivity index (χ3v) is 4.46. The lowest BCUT2D eigenvalue weighted by Crippen LogP contribution is -2.21. The Bertz CT molecular complexity index is 418. The summed E-state index contributed by atoms with van der Waals surface area (Å²) in [6.45, 7) is 9.07. The molecule has 2 unspecified atom stereocenters. The molecule has 0 amide bonds. The lowest BCUT2D eigenvalue weighted by atomic mass is 10.0. The molecule has 2 atom stereocenters. The first-order valence-corrected chi connectivity index (χ1v) is 7.61. The summed E-state index contributed by atoms with van der Waals surface area (Å²) in [6, 6.07) is 7.20. The molecule has 2 aliphatic rings. The number of nitrogens with zero attached hydrogens (tertiary/aromatic N) is 2. The second-order valence-corrected chi connectivity index (χ2v) is 6.42. The Morgan fingerprint density at radius 3 is 2.53 bits per heavy atom. The molecule has 19 heavy (non-hydrogen) atoms. The van der Waals surface area contributed by atoms with E-state index >= 15 is 0 Å². The van der Waals surface area contributed by atoms with Crippen molar-refractivity contribution >= 4 is 0 Å². The van der Waals surface area contributed by atoms with Gasteiger partial charge in [-0.3, -0.25) is 9.88 Å². The summed E-state index contributed by atoms with van der Waals surface area (Å²) in [7, 11) is 0. The van der Waals surface area contributed by atoms with Gasteiger partial charge in [-0.05, 0) is 36.8 Å². The SMILES string of the molecule is CC1CN(Cc2cccc(CNC3CC3)n2)CC1C. The lowest BCUT2D eigenvalue weighted by molar-refractivity contribution is 0.312. The predicted molar refractivity (Wildman–Crippen MR) is 77.7 cm³/mol. The third kappa shape index (κ3) is 3.54. The van der Waals surface area contributed by atoms with E-state index in [-0.39, 0.29) is 0 Å².